The molecule has 8 nitrogen and oxygen atoms in total. The van der Waals surface area contributed by atoms with Gasteiger partial charge in [-0.3, -0.25) is 9.59 Å². The Labute approximate surface area is 179 Å². The lowest BCUT2D eigenvalue weighted by molar-refractivity contribution is 0.0536. The van der Waals surface area contributed by atoms with Crippen molar-refractivity contribution in [1.29, 1.82) is 0 Å². The summed E-state index contributed by atoms with van der Waals surface area (Å²) in [6, 6.07) is 8.99. The highest BCUT2D eigenvalue weighted by molar-refractivity contribution is 6.06. The minimum atomic E-state index is -0.0582. The van der Waals surface area contributed by atoms with Gasteiger partial charge >= 0.3 is 0 Å². The second-order valence-corrected chi connectivity index (χ2v) is 8.13. The number of methoxy groups -OCH3 is 1. The number of benzene rings is 1. The molecule has 0 N–H and O–H groups in total. The fraction of sp³-hybridized carbons (Fsp3) is 0.391. The van der Waals surface area contributed by atoms with Crippen LogP contribution in [-0.2, 0) is 0 Å². The highest BCUT2D eigenvalue weighted by Gasteiger charge is 2.31. The molecule has 1 aliphatic heterocycles. The maximum Gasteiger partial charge on any atom is 0.259 e. The minimum absolute atomic E-state index is 0.0352. The van der Waals surface area contributed by atoms with Crippen LogP contribution in [0.5, 0.6) is 5.75 Å². The predicted molar refractivity (Wildman–Crippen MR) is 113 cm³/mol. The Morgan fingerprint density at radius 3 is 2.29 bits per heavy atom. The summed E-state index contributed by atoms with van der Waals surface area (Å²) in [6.45, 7) is 3.76. The average Bonchev–Trinajstić information content (AvgIpc) is 3.61. The average molecular weight is 420 g/mol. The standard InChI is InChI=1S/C23H24N4O4/c1-14-20-18(13-19(15-3-4-15)24-21(20)31-25-14)23(29)27-11-9-26(10-12-27)22(28)16-5-7-17(30-2)8-6-16/h5-8,13,15H,3-4,9-12H2,1-2H3. The summed E-state index contributed by atoms with van der Waals surface area (Å²) < 4.78 is 10.5. The molecule has 0 bridgehead atoms. The van der Waals surface area contributed by atoms with E-state index >= 15 is 0 Å². The van der Waals surface area contributed by atoms with Crippen LogP contribution in [0.25, 0.3) is 11.1 Å². The van der Waals surface area contributed by atoms with Crippen molar-refractivity contribution in [1.82, 2.24) is 19.9 Å². The summed E-state index contributed by atoms with van der Waals surface area (Å²) in [7, 11) is 1.60. The Morgan fingerprint density at radius 1 is 1.03 bits per heavy atom. The van der Waals surface area contributed by atoms with E-state index in [0.29, 0.717) is 65.8 Å². The van der Waals surface area contributed by atoms with Crippen molar-refractivity contribution >= 4 is 22.9 Å². The number of carbonyl (C=O) groups excluding carboxylic acids is 2. The number of piperazine rings is 1. The summed E-state index contributed by atoms with van der Waals surface area (Å²) >= 11 is 0. The molecule has 0 unspecified atom stereocenters. The number of nitrogens with zero attached hydrogens (tertiary/aromatic N) is 4. The lowest BCUT2D eigenvalue weighted by Gasteiger charge is -2.35. The van der Waals surface area contributed by atoms with Crippen molar-refractivity contribution in [2.24, 2.45) is 0 Å². The molecule has 3 heterocycles. The molecule has 31 heavy (non-hydrogen) atoms. The summed E-state index contributed by atoms with van der Waals surface area (Å²) in [6.07, 6.45) is 2.18. The van der Waals surface area contributed by atoms with Crippen LogP contribution in [-0.4, -0.2) is 65.0 Å². The van der Waals surface area contributed by atoms with Gasteiger partial charge in [-0.15, -0.1) is 0 Å². The number of hydrogen-bond acceptors (Lipinski definition) is 6. The Morgan fingerprint density at radius 2 is 1.68 bits per heavy atom. The van der Waals surface area contributed by atoms with E-state index in [1.54, 1.807) is 41.2 Å². The number of aromatic nitrogens is 2. The summed E-state index contributed by atoms with van der Waals surface area (Å²) in [5.41, 5.74) is 3.21. The van der Waals surface area contributed by atoms with E-state index in [2.05, 4.69) is 10.1 Å². The van der Waals surface area contributed by atoms with E-state index in [1.165, 1.54) is 0 Å². The Kier molecular flexibility index (Phi) is 4.84. The van der Waals surface area contributed by atoms with Crippen LogP contribution >= 0.6 is 0 Å². The van der Waals surface area contributed by atoms with Crippen LogP contribution in [0, 0.1) is 6.92 Å². The van der Waals surface area contributed by atoms with Gasteiger partial charge < -0.3 is 19.1 Å². The maximum absolute atomic E-state index is 13.4. The van der Waals surface area contributed by atoms with Gasteiger partial charge in [0.05, 0.1) is 23.8 Å². The van der Waals surface area contributed by atoms with E-state index in [0.717, 1.165) is 18.5 Å². The van der Waals surface area contributed by atoms with Crippen LogP contribution in [0.15, 0.2) is 34.9 Å². The van der Waals surface area contributed by atoms with E-state index in [9.17, 15) is 9.59 Å². The monoisotopic (exact) mass is 420 g/mol. The highest BCUT2D eigenvalue weighted by atomic mass is 16.5. The first-order valence-corrected chi connectivity index (χ1v) is 10.5. The van der Waals surface area contributed by atoms with Gasteiger partial charge in [0.1, 0.15) is 5.75 Å². The van der Waals surface area contributed by atoms with E-state index in [1.807, 2.05) is 13.0 Å². The fourth-order valence-corrected chi connectivity index (χ4v) is 4.07. The zero-order valence-corrected chi connectivity index (χ0v) is 17.6. The van der Waals surface area contributed by atoms with Crippen LogP contribution < -0.4 is 4.74 Å². The van der Waals surface area contributed by atoms with Crippen LogP contribution in [0.1, 0.15) is 50.9 Å². The quantitative estimate of drug-likeness (QED) is 0.645. The number of hydrogen-bond donors (Lipinski definition) is 0. The minimum Gasteiger partial charge on any atom is -0.497 e. The molecule has 2 fully saturated rings. The molecular formula is C23H24N4O4. The van der Waals surface area contributed by atoms with E-state index < -0.39 is 0 Å². The molecule has 0 atom stereocenters. The zero-order valence-electron chi connectivity index (χ0n) is 17.6. The third-order valence-electron chi connectivity index (χ3n) is 6.05. The topological polar surface area (TPSA) is 88.8 Å². The third kappa shape index (κ3) is 3.62. The van der Waals surface area contributed by atoms with Crippen LogP contribution in [0.3, 0.4) is 0 Å². The molecule has 5 rings (SSSR count). The molecule has 1 saturated carbocycles. The number of pyridine rings is 1. The van der Waals surface area contributed by atoms with Crippen molar-refractivity contribution < 1.29 is 18.8 Å². The van der Waals surface area contributed by atoms with E-state index in [-0.39, 0.29) is 11.8 Å². The summed E-state index contributed by atoms with van der Waals surface area (Å²) in [4.78, 5) is 34.4. The smallest absolute Gasteiger partial charge is 0.259 e. The SMILES string of the molecule is COc1ccc(C(=O)N2CCN(C(=O)c3cc(C4CC4)nc4onc(C)c34)CC2)cc1. The van der Waals surface area contributed by atoms with Gasteiger partial charge in [0, 0.05) is 43.4 Å². The lowest BCUT2D eigenvalue weighted by atomic mass is 10.1. The Balaban J connectivity index is 1.32. The normalized spacial score (nSPS) is 16.6. The fourth-order valence-electron chi connectivity index (χ4n) is 4.07. The Hall–Kier alpha value is -3.42. The van der Waals surface area contributed by atoms with E-state index in [4.69, 9.17) is 9.26 Å². The predicted octanol–water partition coefficient (Wildman–Crippen LogP) is 3.02. The number of ether oxygens (including phenoxy) is 1. The molecule has 2 amide bonds. The summed E-state index contributed by atoms with van der Waals surface area (Å²) in [5.74, 6) is 1.02. The van der Waals surface area contributed by atoms with Crippen molar-refractivity contribution in [2.75, 3.05) is 33.3 Å². The molecule has 0 radical (unpaired) electrons. The second-order valence-electron chi connectivity index (χ2n) is 8.13. The van der Waals surface area contributed by atoms with Crippen molar-refractivity contribution in [3.8, 4) is 5.75 Å². The second kappa shape index (κ2) is 7.68. The van der Waals surface area contributed by atoms with Crippen molar-refractivity contribution in [3.05, 3.63) is 52.8 Å². The molecule has 1 aliphatic carbocycles. The number of fused-ring (bicyclic) bond motifs is 1. The molecule has 0 spiro atoms. The summed E-state index contributed by atoms with van der Waals surface area (Å²) in [5, 5.41) is 4.70. The molecular weight excluding hydrogens is 396 g/mol. The number of rotatable bonds is 4. The van der Waals surface area contributed by atoms with Gasteiger partial charge in [-0.05, 0) is 50.1 Å². The lowest BCUT2D eigenvalue weighted by Crippen LogP contribution is -2.50. The van der Waals surface area contributed by atoms with Crippen LogP contribution in [0.2, 0.25) is 0 Å². The number of carbonyl (C=O) groups is 2. The first kappa shape index (κ1) is 19.5. The molecule has 3 aromatic rings. The number of amides is 2. The molecule has 2 aliphatic rings. The van der Waals surface area contributed by atoms with Gasteiger partial charge in [0.15, 0.2) is 0 Å². The van der Waals surface area contributed by atoms with Gasteiger partial charge in [0.2, 0.25) is 0 Å². The largest absolute Gasteiger partial charge is 0.497 e. The van der Waals surface area contributed by atoms with Crippen LogP contribution in [0.4, 0.5) is 0 Å². The van der Waals surface area contributed by atoms with Gasteiger partial charge in [-0.25, -0.2) is 4.98 Å². The maximum atomic E-state index is 13.4. The third-order valence-corrected chi connectivity index (χ3v) is 6.05. The van der Waals surface area contributed by atoms with Crippen molar-refractivity contribution in [3.63, 3.8) is 0 Å². The van der Waals surface area contributed by atoms with Gasteiger partial charge in [-0.1, -0.05) is 5.16 Å². The van der Waals surface area contributed by atoms with Crippen molar-refractivity contribution in [2.45, 2.75) is 25.7 Å². The number of aryl methyl sites for hydroxylation is 1. The molecule has 1 aromatic carbocycles. The Bertz CT molecular complexity index is 1140. The van der Waals surface area contributed by atoms with Gasteiger partial charge in [-0.2, -0.15) is 0 Å². The zero-order chi connectivity index (χ0) is 21.5. The first-order valence-electron chi connectivity index (χ1n) is 10.5. The first-order chi connectivity index (χ1) is 15.0. The molecule has 1 saturated heterocycles. The molecule has 2 aromatic heterocycles. The highest BCUT2D eigenvalue weighted by Crippen LogP contribution is 2.40. The van der Waals surface area contributed by atoms with Gasteiger partial charge in [0.25, 0.3) is 17.5 Å². The molecule has 160 valence electrons. The molecule has 8 heteroatoms.